The first kappa shape index (κ1) is 22.0. The lowest BCUT2D eigenvalue weighted by Gasteiger charge is -2.29. The van der Waals surface area contributed by atoms with Gasteiger partial charge in [0.15, 0.2) is 0 Å². The Bertz CT molecular complexity index is 789. The third kappa shape index (κ3) is 6.38. The molecule has 0 bridgehead atoms. The van der Waals surface area contributed by atoms with E-state index in [1.165, 1.54) is 0 Å². The molecule has 1 unspecified atom stereocenters. The van der Waals surface area contributed by atoms with Gasteiger partial charge in [0.1, 0.15) is 6.04 Å². The topological polar surface area (TPSA) is 49.4 Å². The fourth-order valence-corrected chi connectivity index (χ4v) is 3.19. The van der Waals surface area contributed by atoms with Crippen LogP contribution < -0.4 is 5.32 Å². The standard InChI is InChI=1S/C23H29ClN2O2/c1-4-15-25-23(28)18(3)26(16-19-11-9-17(2)10-12-19)22(27)14-13-20-7-5-6-8-21(20)24/h5-12,18H,4,13-16H2,1-3H3,(H,25,28). The van der Waals surface area contributed by atoms with Gasteiger partial charge in [-0.1, -0.05) is 66.6 Å². The van der Waals surface area contributed by atoms with Crippen LogP contribution in [0, 0.1) is 6.92 Å². The van der Waals surface area contributed by atoms with Crippen LogP contribution >= 0.6 is 11.6 Å². The summed E-state index contributed by atoms with van der Waals surface area (Å²) < 4.78 is 0. The minimum Gasteiger partial charge on any atom is -0.354 e. The molecule has 28 heavy (non-hydrogen) atoms. The van der Waals surface area contributed by atoms with Crippen molar-refractivity contribution in [2.75, 3.05) is 6.54 Å². The first-order valence-electron chi connectivity index (χ1n) is 9.78. The summed E-state index contributed by atoms with van der Waals surface area (Å²) in [6.07, 6.45) is 1.71. The monoisotopic (exact) mass is 400 g/mol. The Hall–Kier alpha value is -2.33. The molecule has 2 amide bonds. The summed E-state index contributed by atoms with van der Waals surface area (Å²) in [6, 6.07) is 15.0. The molecule has 0 aromatic heterocycles. The van der Waals surface area contributed by atoms with Crippen molar-refractivity contribution in [1.82, 2.24) is 10.2 Å². The van der Waals surface area contributed by atoms with Crippen molar-refractivity contribution >= 4 is 23.4 Å². The zero-order valence-electron chi connectivity index (χ0n) is 16.9. The second-order valence-corrected chi connectivity index (χ2v) is 7.47. The Morgan fingerprint density at radius 3 is 2.43 bits per heavy atom. The van der Waals surface area contributed by atoms with E-state index in [0.29, 0.717) is 31.0 Å². The van der Waals surface area contributed by atoms with Gasteiger partial charge in [-0.25, -0.2) is 0 Å². The molecule has 0 aliphatic carbocycles. The molecule has 5 heteroatoms. The van der Waals surface area contributed by atoms with E-state index in [4.69, 9.17) is 11.6 Å². The van der Waals surface area contributed by atoms with Crippen LogP contribution in [0.2, 0.25) is 5.02 Å². The maximum absolute atomic E-state index is 13.0. The molecule has 0 aliphatic heterocycles. The number of benzene rings is 2. The van der Waals surface area contributed by atoms with E-state index in [0.717, 1.165) is 23.1 Å². The maximum Gasteiger partial charge on any atom is 0.242 e. The number of carbonyl (C=O) groups is 2. The van der Waals surface area contributed by atoms with E-state index in [2.05, 4.69) is 5.32 Å². The average molecular weight is 401 g/mol. The lowest BCUT2D eigenvalue weighted by Crippen LogP contribution is -2.47. The summed E-state index contributed by atoms with van der Waals surface area (Å²) in [7, 11) is 0. The van der Waals surface area contributed by atoms with Gasteiger partial charge in [-0.3, -0.25) is 9.59 Å². The number of aryl methyl sites for hydroxylation is 2. The summed E-state index contributed by atoms with van der Waals surface area (Å²) in [5, 5.41) is 3.55. The zero-order valence-corrected chi connectivity index (χ0v) is 17.6. The minimum atomic E-state index is -0.536. The van der Waals surface area contributed by atoms with Gasteiger partial charge in [-0.15, -0.1) is 0 Å². The van der Waals surface area contributed by atoms with Gasteiger partial charge >= 0.3 is 0 Å². The van der Waals surface area contributed by atoms with Gasteiger partial charge < -0.3 is 10.2 Å². The van der Waals surface area contributed by atoms with E-state index in [-0.39, 0.29) is 11.8 Å². The van der Waals surface area contributed by atoms with Crippen LogP contribution in [0.15, 0.2) is 48.5 Å². The van der Waals surface area contributed by atoms with Crippen LogP contribution in [-0.2, 0) is 22.6 Å². The zero-order chi connectivity index (χ0) is 20.5. The summed E-state index contributed by atoms with van der Waals surface area (Å²) in [5.41, 5.74) is 3.11. The number of halogens is 1. The van der Waals surface area contributed by atoms with E-state index < -0.39 is 6.04 Å². The van der Waals surface area contributed by atoms with E-state index in [1.807, 2.05) is 62.4 Å². The highest BCUT2D eigenvalue weighted by molar-refractivity contribution is 6.31. The summed E-state index contributed by atoms with van der Waals surface area (Å²) in [5.74, 6) is -0.181. The predicted octanol–water partition coefficient (Wildman–Crippen LogP) is 4.52. The fraction of sp³-hybridized carbons (Fsp3) is 0.391. The quantitative estimate of drug-likeness (QED) is 0.672. The molecular formula is C23H29ClN2O2. The van der Waals surface area contributed by atoms with Crippen molar-refractivity contribution in [3.63, 3.8) is 0 Å². The summed E-state index contributed by atoms with van der Waals surface area (Å²) >= 11 is 6.21. The predicted molar refractivity (Wildman–Crippen MR) is 114 cm³/mol. The first-order valence-corrected chi connectivity index (χ1v) is 10.2. The number of hydrogen-bond donors (Lipinski definition) is 1. The molecule has 0 fully saturated rings. The Kier molecular flexibility index (Phi) is 8.52. The van der Waals surface area contributed by atoms with Crippen LogP contribution in [0.3, 0.4) is 0 Å². The number of hydrogen-bond acceptors (Lipinski definition) is 2. The van der Waals surface area contributed by atoms with Gasteiger partial charge in [0.25, 0.3) is 0 Å². The highest BCUT2D eigenvalue weighted by Gasteiger charge is 2.25. The molecule has 2 aromatic rings. The molecule has 150 valence electrons. The molecule has 0 radical (unpaired) electrons. The SMILES string of the molecule is CCCNC(=O)C(C)N(Cc1ccc(C)cc1)C(=O)CCc1ccccc1Cl. The Morgan fingerprint density at radius 1 is 1.11 bits per heavy atom. The molecule has 2 rings (SSSR count). The summed E-state index contributed by atoms with van der Waals surface area (Å²) in [4.78, 5) is 27.2. The first-order chi connectivity index (χ1) is 13.4. The molecule has 4 nitrogen and oxygen atoms in total. The Balaban J connectivity index is 2.13. The Labute approximate surface area is 172 Å². The van der Waals surface area contributed by atoms with Gasteiger partial charge in [0.2, 0.25) is 11.8 Å². The van der Waals surface area contributed by atoms with Crippen LogP contribution in [0.5, 0.6) is 0 Å². The second kappa shape index (κ2) is 10.9. The van der Waals surface area contributed by atoms with Crippen LogP contribution in [0.1, 0.15) is 43.4 Å². The third-order valence-electron chi connectivity index (χ3n) is 4.76. The average Bonchev–Trinajstić information content (AvgIpc) is 2.70. The van der Waals surface area contributed by atoms with E-state index >= 15 is 0 Å². The van der Waals surface area contributed by atoms with E-state index in [1.54, 1.807) is 11.8 Å². The lowest BCUT2D eigenvalue weighted by molar-refractivity contribution is -0.140. The molecule has 0 spiro atoms. The lowest BCUT2D eigenvalue weighted by atomic mass is 10.1. The number of amides is 2. The van der Waals surface area contributed by atoms with Crippen molar-refractivity contribution < 1.29 is 9.59 Å². The smallest absolute Gasteiger partial charge is 0.242 e. The van der Waals surface area contributed by atoms with Crippen LogP contribution in [0.25, 0.3) is 0 Å². The highest BCUT2D eigenvalue weighted by Crippen LogP contribution is 2.18. The highest BCUT2D eigenvalue weighted by atomic mass is 35.5. The Morgan fingerprint density at radius 2 is 1.79 bits per heavy atom. The molecule has 0 heterocycles. The summed E-state index contributed by atoms with van der Waals surface area (Å²) in [6.45, 7) is 6.82. The number of nitrogens with one attached hydrogen (secondary N) is 1. The van der Waals surface area contributed by atoms with Crippen LogP contribution in [0.4, 0.5) is 0 Å². The van der Waals surface area contributed by atoms with Gasteiger partial charge in [-0.2, -0.15) is 0 Å². The van der Waals surface area contributed by atoms with Gasteiger partial charge in [-0.05, 0) is 43.9 Å². The second-order valence-electron chi connectivity index (χ2n) is 7.07. The molecule has 0 aliphatic rings. The van der Waals surface area contributed by atoms with Crippen molar-refractivity contribution in [3.8, 4) is 0 Å². The van der Waals surface area contributed by atoms with Crippen molar-refractivity contribution in [2.45, 2.75) is 52.6 Å². The maximum atomic E-state index is 13.0. The van der Waals surface area contributed by atoms with Gasteiger partial charge in [0, 0.05) is 24.5 Å². The van der Waals surface area contributed by atoms with Crippen molar-refractivity contribution in [3.05, 3.63) is 70.2 Å². The van der Waals surface area contributed by atoms with Crippen molar-refractivity contribution in [1.29, 1.82) is 0 Å². The molecular weight excluding hydrogens is 372 g/mol. The number of nitrogens with zero attached hydrogens (tertiary/aromatic N) is 1. The molecule has 1 atom stereocenters. The number of carbonyl (C=O) groups excluding carboxylic acids is 2. The van der Waals surface area contributed by atoms with Crippen molar-refractivity contribution in [2.24, 2.45) is 0 Å². The molecule has 0 saturated heterocycles. The van der Waals surface area contributed by atoms with E-state index in [9.17, 15) is 9.59 Å². The molecule has 2 aromatic carbocycles. The normalized spacial score (nSPS) is 11.7. The third-order valence-corrected chi connectivity index (χ3v) is 5.12. The van der Waals surface area contributed by atoms with Gasteiger partial charge in [0.05, 0.1) is 0 Å². The minimum absolute atomic E-state index is 0.0559. The molecule has 1 N–H and O–H groups in total. The largest absolute Gasteiger partial charge is 0.354 e. The van der Waals surface area contributed by atoms with Crippen LogP contribution in [-0.4, -0.2) is 29.3 Å². The molecule has 0 saturated carbocycles. The fourth-order valence-electron chi connectivity index (χ4n) is 2.96. The number of rotatable bonds is 9.